The molecule has 0 saturated heterocycles. The van der Waals surface area contributed by atoms with E-state index in [-0.39, 0.29) is 5.92 Å². The van der Waals surface area contributed by atoms with Crippen molar-refractivity contribution in [2.75, 3.05) is 6.61 Å². The number of hydrogen-bond acceptors (Lipinski definition) is 1. The normalized spacial score (nSPS) is 23.0. The van der Waals surface area contributed by atoms with Gasteiger partial charge in [0, 0.05) is 6.61 Å². The second kappa shape index (κ2) is 7.69. The summed E-state index contributed by atoms with van der Waals surface area (Å²) in [7, 11) is 0. The summed E-state index contributed by atoms with van der Waals surface area (Å²) >= 11 is 1.82. The maximum atomic E-state index is 14.0. The molecule has 20 heavy (non-hydrogen) atoms. The van der Waals surface area contributed by atoms with Gasteiger partial charge in [-0.05, 0) is 72.2 Å². The molecule has 1 aliphatic carbocycles. The number of ether oxygens (including phenoxy) is 1. The topological polar surface area (TPSA) is 9.23 Å². The molecule has 1 nitrogen and oxygen atoms in total. The van der Waals surface area contributed by atoms with Crippen molar-refractivity contribution >= 4 is 22.6 Å². The first-order chi connectivity index (χ1) is 9.63. The zero-order valence-electron chi connectivity index (χ0n) is 11.8. The van der Waals surface area contributed by atoms with E-state index in [9.17, 15) is 8.78 Å². The maximum Gasteiger partial charge on any atom is 0.172 e. The predicted molar refractivity (Wildman–Crippen MR) is 84.9 cm³/mol. The molecule has 0 aromatic heterocycles. The average Bonchev–Trinajstić information content (AvgIpc) is 2.46. The fourth-order valence-corrected chi connectivity index (χ4v) is 3.21. The van der Waals surface area contributed by atoms with E-state index in [2.05, 4.69) is 6.92 Å². The van der Waals surface area contributed by atoms with Crippen LogP contribution < -0.4 is 0 Å². The lowest BCUT2D eigenvalue weighted by atomic mass is 9.82. The van der Waals surface area contributed by atoms with Crippen LogP contribution >= 0.6 is 22.6 Å². The third-order valence-corrected chi connectivity index (χ3v) is 4.86. The monoisotopic (exact) mass is 394 g/mol. The molecule has 0 unspecified atom stereocenters. The molecule has 1 aromatic rings. The third-order valence-electron chi connectivity index (χ3n) is 4.03. The van der Waals surface area contributed by atoms with Gasteiger partial charge in [-0.3, -0.25) is 0 Å². The van der Waals surface area contributed by atoms with Crippen molar-refractivity contribution in [3.05, 3.63) is 32.9 Å². The molecule has 1 saturated carbocycles. The van der Waals surface area contributed by atoms with E-state index < -0.39 is 11.6 Å². The summed E-state index contributed by atoms with van der Waals surface area (Å²) < 4.78 is 33.8. The minimum Gasteiger partial charge on any atom is -0.378 e. The number of benzene rings is 1. The smallest absolute Gasteiger partial charge is 0.172 e. The summed E-state index contributed by atoms with van der Waals surface area (Å²) in [5.41, 5.74) is 0.537. The fourth-order valence-electron chi connectivity index (χ4n) is 2.79. The SMILES string of the molecule is CCCCOC1CCC(c2ccc(I)c(F)c2F)CC1. The first-order valence-electron chi connectivity index (χ1n) is 7.38. The lowest BCUT2D eigenvalue weighted by Gasteiger charge is -2.29. The van der Waals surface area contributed by atoms with Crippen LogP contribution in [0.5, 0.6) is 0 Å². The lowest BCUT2D eigenvalue weighted by molar-refractivity contribution is 0.0230. The third kappa shape index (κ3) is 3.91. The minimum absolute atomic E-state index is 0.132. The molecule has 0 amide bonds. The first kappa shape index (κ1) is 16.1. The van der Waals surface area contributed by atoms with Crippen molar-refractivity contribution in [2.45, 2.75) is 57.5 Å². The fraction of sp³-hybridized carbons (Fsp3) is 0.625. The number of hydrogen-bond donors (Lipinski definition) is 0. The molecule has 1 aliphatic rings. The van der Waals surface area contributed by atoms with Crippen LogP contribution in [0.15, 0.2) is 12.1 Å². The largest absolute Gasteiger partial charge is 0.378 e. The van der Waals surface area contributed by atoms with Gasteiger partial charge in [-0.2, -0.15) is 0 Å². The van der Waals surface area contributed by atoms with Crippen LogP contribution in [0.3, 0.4) is 0 Å². The summed E-state index contributed by atoms with van der Waals surface area (Å²) in [4.78, 5) is 0. The van der Waals surface area contributed by atoms with Crippen LogP contribution in [-0.4, -0.2) is 12.7 Å². The predicted octanol–water partition coefficient (Wildman–Crippen LogP) is 5.41. The molecule has 1 aromatic carbocycles. The number of halogens is 3. The van der Waals surface area contributed by atoms with Gasteiger partial charge >= 0.3 is 0 Å². The maximum absolute atomic E-state index is 14.0. The molecular formula is C16H21F2IO. The van der Waals surface area contributed by atoms with Gasteiger partial charge in [0.2, 0.25) is 0 Å². The van der Waals surface area contributed by atoms with Crippen LogP contribution in [-0.2, 0) is 4.74 Å². The Balaban J connectivity index is 1.92. The highest BCUT2D eigenvalue weighted by Crippen LogP contribution is 2.36. The summed E-state index contributed by atoms with van der Waals surface area (Å²) in [6.45, 7) is 2.96. The van der Waals surface area contributed by atoms with E-state index in [4.69, 9.17) is 4.74 Å². The molecule has 0 spiro atoms. The Morgan fingerprint density at radius 1 is 1.15 bits per heavy atom. The Labute approximate surface area is 133 Å². The van der Waals surface area contributed by atoms with Crippen molar-refractivity contribution < 1.29 is 13.5 Å². The molecule has 0 aliphatic heterocycles. The first-order valence-corrected chi connectivity index (χ1v) is 8.46. The van der Waals surface area contributed by atoms with E-state index >= 15 is 0 Å². The summed E-state index contributed by atoms with van der Waals surface area (Å²) in [5, 5.41) is 0. The molecule has 4 heteroatoms. The van der Waals surface area contributed by atoms with Crippen molar-refractivity contribution in [1.82, 2.24) is 0 Å². The van der Waals surface area contributed by atoms with Gasteiger partial charge in [0.05, 0.1) is 9.67 Å². The van der Waals surface area contributed by atoms with Gasteiger partial charge in [-0.25, -0.2) is 8.78 Å². The van der Waals surface area contributed by atoms with E-state index in [1.165, 1.54) is 0 Å². The summed E-state index contributed by atoms with van der Waals surface area (Å²) in [6.07, 6.45) is 6.19. The zero-order chi connectivity index (χ0) is 14.5. The number of unbranched alkanes of at least 4 members (excludes halogenated alkanes) is 1. The zero-order valence-corrected chi connectivity index (χ0v) is 14.0. The molecule has 2 rings (SSSR count). The highest BCUT2D eigenvalue weighted by molar-refractivity contribution is 14.1. The van der Waals surface area contributed by atoms with E-state index in [0.29, 0.717) is 15.2 Å². The van der Waals surface area contributed by atoms with Crippen molar-refractivity contribution in [1.29, 1.82) is 0 Å². The van der Waals surface area contributed by atoms with Crippen LogP contribution in [0.25, 0.3) is 0 Å². The Morgan fingerprint density at radius 3 is 2.50 bits per heavy atom. The van der Waals surface area contributed by atoms with Crippen LogP contribution in [0.2, 0.25) is 0 Å². The average molecular weight is 394 g/mol. The van der Waals surface area contributed by atoms with Crippen LogP contribution in [0, 0.1) is 15.2 Å². The highest BCUT2D eigenvalue weighted by Gasteiger charge is 2.26. The molecule has 1 fully saturated rings. The summed E-state index contributed by atoms with van der Waals surface area (Å²) in [5.74, 6) is -1.23. The Morgan fingerprint density at radius 2 is 1.85 bits per heavy atom. The van der Waals surface area contributed by atoms with Crippen molar-refractivity contribution in [3.63, 3.8) is 0 Å². The summed E-state index contributed by atoms with van der Waals surface area (Å²) in [6, 6.07) is 3.40. The second-order valence-electron chi connectivity index (χ2n) is 5.46. The van der Waals surface area contributed by atoms with E-state index in [1.807, 2.05) is 22.6 Å². The van der Waals surface area contributed by atoms with Crippen LogP contribution in [0.4, 0.5) is 8.78 Å². The Bertz CT molecular complexity index is 442. The molecule has 0 atom stereocenters. The second-order valence-corrected chi connectivity index (χ2v) is 6.62. The minimum atomic E-state index is -0.704. The molecule has 0 heterocycles. The van der Waals surface area contributed by atoms with Gasteiger partial charge in [-0.1, -0.05) is 19.4 Å². The van der Waals surface area contributed by atoms with Crippen LogP contribution in [0.1, 0.15) is 56.9 Å². The quantitative estimate of drug-likeness (QED) is 0.369. The lowest BCUT2D eigenvalue weighted by Crippen LogP contribution is -2.22. The van der Waals surface area contributed by atoms with Crippen molar-refractivity contribution in [3.8, 4) is 0 Å². The van der Waals surface area contributed by atoms with Crippen molar-refractivity contribution in [2.24, 2.45) is 0 Å². The Kier molecular flexibility index (Phi) is 6.20. The molecular weight excluding hydrogens is 373 g/mol. The highest BCUT2D eigenvalue weighted by atomic mass is 127. The van der Waals surface area contributed by atoms with Gasteiger partial charge < -0.3 is 4.74 Å². The molecule has 0 N–H and O–H groups in total. The van der Waals surface area contributed by atoms with E-state index in [0.717, 1.165) is 45.1 Å². The molecule has 0 radical (unpaired) electrons. The van der Waals surface area contributed by atoms with E-state index in [1.54, 1.807) is 12.1 Å². The van der Waals surface area contributed by atoms with Gasteiger partial charge in [0.25, 0.3) is 0 Å². The van der Waals surface area contributed by atoms with Gasteiger partial charge in [-0.15, -0.1) is 0 Å². The van der Waals surface area contributed by atoms with Gasteiger partial charge in [0.1, 0.15) is 0 Å². The Hall–Kier alpha value is -0.230. The molecule has 112 valence electrons. The number of rotatable bonds is 5. The molecule has 0 bridgehead atoms. The van der Waals surface area contributed by atoms with Gasteiger partial charge in [0.15, 0.2) is 11.6 Å². The standard InChI is InChI=1S/C16H21F2IO/c1-2-3-10-20-12-6-4-11(5-7-12)13-8-9-14(19)16(18)15(13)17/h8-9,11-12H,2-7,10H2,1H3.